The van der Waals surface area contributed by atoms with E-state index < -0.39 is 0 Å². The van der Waals surface area contributed by atoms with Crippen LogP contribution in [0.4, 0.5) is 10.8 Å². The van der Waals surface area contributed by atoms with E-state index in [0.717, 1.165) is 36.7 Å². The van der Waals surface area contributed by atoms with Gasteiger partial charge in [-0.2, -0.15) is 0 Å². The van der Waals surface area contributed by atoms with Crippen LogP contribution in [0.3, 0.4) is 0 Å². The Bertz CT molecular complexity index is 1070. The molecule has 4 heterocycles. The Morgan fingerprint density at radius 1 is 1.17 bits per heavy atom. The number of amides is 1. The molecule has 1 amide bonds. The van der Waals surface area contributed by atoms with Crippen molar-refractivity contribution in [1.82, 2.24) is 9.55 Å². The molecule has 0 saturated carbocycles. The van der Waals surface area contributed by atoms with E-state index in [-0.39, 0.29) is 17.7 Å². The van der Waals surface area contributed by atoms with Crippen LogP contribution >= 0.6 is 11.3 Å². The Balaban J connectivity index is 1.27. The van der Waals surface area contributed by atoms with Crippen molar-refractivity contribution in [2.24, 2.45) is 0 Å². The number of thiazole rings is 1. The fraction of sp³-hybridized carbons (Fsp3) is 0.318. The lowest BCUT2D eigenvalue weighted by atomic mass is 10.0. The van der Waals surface area contributed by atoms with Crippen LogP contribution in [0.25, 0.3) is 10.4 Å². The number of nitrogens with one attached hydrogen (secondary N) is 1. The third-order valence-corrected chi connectivity index (χ3v) is 6.57. The molecule has 2 aliphatic rings. The molecule has 2 aromatic heterocycles. The Morgan fingerprint density at radius 2 is 1.97 bits per heavy atom. The highest BCUT2D eigenvalue weighted by Crippen LogP contribution is 2.32. The van der Waals surface area contributed by atoms with Gasteiger partial charge in [-0.05, 0) is 36.2 Å². The highest BCUT2D eigenvalue weighted by molar-refractivity contribution is 7.19. The molecule has 0 radical (unpaired) electrons. The smallest absolute Gasteiger partial charge is 0.249 e. The normalized spacial score (nSPS) is 18.9. The van der Waals surface area contributed by atoms with Crippen molar-refractivity contribution in [3.63, 3.8) is 0 Å². The van der Waals surface area contributed by atoms with Crippen molar-refractivity contribution < 1.29 is 14.3 Å². The molecule has 3 aromatic rings. The van der Waals surface area contributed by atoms with Gasteiger partial charge in [0.1, 0.15) is 6.04 Å². The maximum Gasteiger partial charge on any atom is 0.249 e. The van der Waals surface area contributed by atoms with E-state index in [4.69, 9.17) is 4.74 Å². The SMILES string of the molecule is O=C1CCC(C(=O)Nc2ncc(-c3ccc(N4CCOCC4)cc3)s2)n2cccc21. The minimum atomic E-state index is -0.382. The van der Waals surface area contributed by atoms with Crippen molar-refractivity contribution in [3.8, 4) is 10.4 Å². The summed E-state index contributed by atoms with van der Waals surface area (Å²) < 4.78 is 7.18. The van der Waals surface area contributed by atoms with Gasteiger partial charge in [0.05, 0.1) is 23.8 Å². The van der Waals surface area contributed by atoms with Gasteiger partial charge in [0.25, 0.3) is 0 Å². The highest BCUT2D eigenvalue weighted by Gasteiger charge is 2.30. The van der Waals surface area contributed by atoms with Gasteiger partial charge in [-0.3, -0.25) is 9.59 Å². The molecule has 5 rings (SSSR count). The van der Waals surface area contributed by atoms with E-state index in [2.05, 4.69) is 39.5 Å². The van der Waals surface area contributed by atoms with Crippen LogP contribution in [-0.4, -0.2) is 47.5 Å². The van der Waals surface area contributed by atoms with Gasteiger partial charge in [-0.1, -0.05) is 23.5 Å². The number of ether oxygens (including phenoxy) is 1. The number of anilines is 2. The minimum Gasteiger partial charge on any atom is -0.378 e. The van der Waals surface area contributed by atoms with Crippen molar-refractivity contribution >= 4 is 33.8 Å². The summed E-state index contributed by atoms with van der Waals surface area (Å²) in [5.41, 5.74) is 2.86. The van der Waals surface area contributed by atoms with E-state index in [9.17, 15) is 9.59 Å². The number of carbonyl (C=O) groups excluding carboxylic acids is 2. The van der Waals surface area contributed by atoms with E-state index in [1.807, 2.05) is 0 Å². The number of hydrogen-bond acceptors (Lipinski definition) is 6. The zero-order valence-corrected chi connectivity index (χ0v) is 17.2. The molecule has 1 N–H and O–H groups in total. The Kier molecular flexibility index (Phi) is 5.10. The van der Waals surface area contributed by atoms with E-state index in [1.54, 1.807) is 29.1 Å². The summed E-state index contributed by atoms with van der Waals surface area (Å²) in [6.45, 7) is 3.34. The number of nitrogens with zero attached hydrogens (tertiary/aromatic N) is 3. The number of ketones is 1. The number of Topliss-reactive ketones (excluding diaryl/α,β-unsaturated/α-hetero) is 1. The van der Waals surface area contributed by atoms with Crippen molar-refractivity contribution in [2.75, 3.05) is 36.5 Å². The lowest BCUT2D eigenvalue weighted by molar-refractivity contribution is -0.119. The zero-order valence-electron chi connectivity index (χ0n) is 16.4. The summed E-state index contributed by atoms with van der Waals surface area (Å²) in [6, 6.07) is 11.6. The molecular formula is C22H22N4O3S. The molecule has 1 unspecified atom stereocenters. The number of morpholine rings is 1. The summed E-state index contributed by atoms with van der Waals surface area (Å²) in [6.07, 6.45) is 4.48. The van der Waals surface area contributed by atoms with Crippen LogP contribution in [0.15, 0.2) is 48.8 Å². The Hall–Kier alpha value is -2.97. The van der Waals surface area contributed by atoms with E-state index >= 15 is 0 Å². The maximum atomic E-state index is 12.8. The standard InChI is InChI=1S/C22H22N4O3S/c27-19-8-7-18(26-9-1-2-17(19)26)21(28)24-22-23-14-20(30-22)15-3-5-16(6-4-15)25-10-12-29-13-11-25/h1-6,9,14,18H,7-8,10-13H2,(H,23,24,28). The molecule has 2 aliphatic heterocycles. The minimum absolute atomic E-state index is 0.0844. The number of aromatic nitrogens is 2. The van der Waals surface area contributed by atoms with Gasteiger partial charge in [-0.15, -0.1) is 0 Å². The van der Waals surface area contributed by atoms with Gasteiger partial charge in [0.2, 0.25) is 5.91 Å². The first-order valence-corrected chi connectivity index (χ1v) is 10.9. The van der Waals surface area contributed by atoms with Crippen LogP contribution < -0.4 is 10.2 Å². The summed E-state index contributed by atoms with van der Waals surface area (Å²) in [5.74, 6) is -0.0513. The molecule has 7 nitrogen and oxygen atoms in total. The maximum absolute atomic E-state index is 12.8. The topological polar surface area (TPSA) is 76.5 Å². The molecular weight excluding hydrogens is 400 g/mol. The number of hydrogen-bond donors (Lipinski definition) is 1. The molecule has 1 atom stereocenters. The first-order valence-electron chi connectivity index (χ1n) is 10.1. The predicted octanol–water partition coefficient (Wildman–Crippen LogP) is 3.60. The summed E-state index contributed by atoms with van der Waals surface area (Å²) >= 11 is 1.45. The molecule has 1 fully saturated rings. The number of fused-ring (bicyclic) bond motifs is 1. The molecule has 0 bridgehead atoms. The molecule has 1 aromatic carbocycles. The second kappa shape index (κ2) is 8.04. The molecule has 30 heavy (non-hydrogen) atoms. The van der Waals surface area contributed by atoms with Gasteiger partial charge >= 0.3 is 0 Å². The Labute approximate surface area is 178 Å². The number of benzene rings is 1. The summed E-state index contributed by atoms with van der Waals surface area (Å²) in [7, 11) is 0. The van der Waals surface area contributed by atoms with Crippen LogP contribution in [0.5, 0.6) is 0 Å². The van der Waals surface area contributed by atoms with Crippen LogP contribution in [0, 0.1) is 0 Å². The average Bonchev–Trinajstić information content (AvgIpc) is 3.45. The molecule has 154 valence electrons. The van der Waals surface area contributed by atoms with Crippen molar-refractivity contribution in [3.05, 3.63) is 54.5 Å². The predicted molar refractivity (Wildman–Crippen MR) is 116 cm³/mol. The van der Waals surface area contributed by atoms with Crippen molar-refractivity contribution in [2.45, 2.75) is 18.9 Å². The van der Waals surface area contributed by atoms with Gasteiger partial charge in [0, 0.05) is 37.6 Å². The highest BCUT2D eigenvalue weighted by atomic mass is 32.1. The second-order valence-corrected chi connectivity index (χ2v) is 8.47. The monoisotopic (exact) mass is 422 g/mol. The lowest BCUT2D eigenvalue weighted by Crippen LogP contribution is -2.36. The fourth-order valence-electron chi connectivity index (χ4n) is 4.01. The summed E-state index contributed by atoms with van der Waals surface area (Å²) in [4.78, 5) is 32.5. The third-order valence-electron chi connectivity index (χ3n) is 5.61. The van der Waals surface area contributed by atoms with Crippen LogP contribution in [-0.2, 0) is 9.53 Å². The molecule has 1 saturated heterocycles. The van der Waals surface area contributed by atoms with Gasteiger partial charge in [0.15, 0.2) is 10.9 Å². The van der Waals surface area contributed by atoms with Gasteiger partial charge < -0.3 is 19.5 Å². The number of rotatable bonds is 4. The van der Waals surface area contributed by atoms with Crippen molar-refractivity contribution in [1.29, 1.82) is 0 Å². The average molecular weight is 423 g/mol. The first-order chi connectivity index (χ1) is 14.7. The second-order valence-electron chi connectivity index (χ2n) is 7.44. The lowest BCUT2D eigenvalue weighted by Gasteiger charge is -2.28. The zero-order chi connectivity index (χ0) is 20.5. The quantitative estimate of drug-likeness (QED) is 0.695. The van der Waals surface area contributed by atoms with Crippen LogP contribution in [0.2, 0.25) is 0 Å². The summed E-state index contributed by atoms with van der Waals surface area (Å²) in [5, 5.41) is 3.49. The first kappa shape index (κ1) is 19.0. The molecule has 8 heteroatoms. The number of carbonyl (C=O) groups is 2. The van der Waals surface area contributed by atoms with Gasteiger partial charge in [-0.25, -0.2) is 4.98 Å². The molecule has 0 aliphatic carbocycles. The van der Waals surface area contributed by atoms with E-state index in [1.165, 1.54) is 17.0 Å². The Morgan fingerprint density at radius 3 is 2.77 bits per heavy atom. The van der Waals surface area contributed by atoms with E-state index in [0.29, 0.717) is 23.7 Å². The molecule has 0 spiro atoms. The largest absolute Gasteiger partial charge is 0.378 e. The van der Waals surface area contributed by atoms with Crippen LogP contribution in [0.1, 0.15) is 29.4 Å². The third kappa shape index (κ3) is 3.64. The fourth-order valence-corrected chi connectivity index (χ4v) is 4.83.